The molecular formula is C13H16FNO2S. The van der Waals surface area contributed by atoms with E-state index in [1.165, 1.54) is 6.07 Å². The van der Waals surface area contributed by atoms with Crippen molar-refractivity contribution in [2.45, 2.75) is 25.5 Å². The Morgan fingerprint density at radius 1 is 1.61 bits per heavy atom. The molecule has 0 spiro atoms. The van der Waals surface area contributed by atoms with Crippen molar-refractivity contribution in [3.8, 4) is 0 Å². The lowest BCUT2D eigenvalue weighted by molar-refractivity contribution is -0.137. The summed E-state index contributed by atoms with van der Waals surface area (Å²) in [5, 5.41) is 12.7. The van der Waals surface area contributed by atoms with Gasteiger partial charge in [-0.3, -0.25) is 4.79 Å². The minimum absolute atomic E-state index is 0.239. The van der Waals surface area contributed by atoms with Crippen molar-refractivity contribution >= 4 is 17.7 Å². The maximum absolute atomic E-state index is 13.3. The van der Waals surface area contributed by atoms with Crippen LogP contribution in [0.1, 0.15) is 17.5 Å². The molecule has 1 aromatic carbocycles. The van der Waals surface area contributed by atoms with Crippen LogP contribution in [-0.2, 0) is 11.3 Å². The van der Waals surface area contributed by atoms with E-state index < -0.39 is 5.60 Å². The van der Waals surface area contributed by atoms with E-state index in [0.29, 0.717) is 23.3 Å². The number of benzene rings is 1. The van der Waals surface area contributed by atoms with Gasteiger partial charge in [0.2, 0.25) is 0 Å². The van der Waals surface area contributed by atoms with Gasteiger partial charge in [0.1, 0.15) is 5.82 Å². The van der Waals surface area contributed by atoms with Crippen molar-refractivity contribution in [3.05, 3.63) is 35.1 Å². The molecule has 0 aromatic heterocycles. The molecule has 5 heteroatoms. The van der Waals surface area contributed by atoms with Gasteiger partial charge in [0.25, 0.3) is 5.91 Å². The number of hydrogen-bond acceptors (Lipinski definition) is 3. The van der Waals surface area contributed by atoms with Gasteiger partial charge in [0.05, 0.1) is 0 Å². The molecule has 0 saturated carbocycles. The Labute approximate surface area is 110 Å². The predicted octanol–water partition coefficient (Wildman–Crippen LogP) is 1.62. The third-order valence-corrected chi connectivity index (χ3v) is 4.29. The first-order valence-corrected chi connectivity index (χ1v) is 7.00. The topological polar surface area (TPSA) is 49.3 Å². The van der Waals surface area contributed by atoms with Crippen LogP contribution in [0.3, 0.4) is 0 Å². The first-order chi connectivity index (χ1) is 8.51. The second-order valence-corrected chi connectivity index (χ2v) is 5.71. The van der Waals surface area contributed by atoms with Crippen molar-refractivity contribution in [1.29, 1.82) is 0 Å². The zero-order chi connectivity index (χ0) is 13.2. The van der Waals surface area contributed by atoms with Gasteiger partial charge in [-0.1, -0.05) is 12.1 Å². The van der Waals surface area contributed by atoms with Gasteiger partial charge in [-0.25, -0.2) is 4.39 Å². The Morgan fingerprint density at radius 3 is 3.00 bits per heavy atom. The average molecular weight is 269 g/mol. The summed E-state index contributed by atoms with van der Waals surface area (Å²) in [6, 6.07) is 4.85. The summed E-state index contributed by atoms with van der Waals surface area (Å²) in [4.78, 5) is 11.8. The van der Waals surface area contributed by atoms with Crippen molar-refractivity contribution in [2.75, 3.05) is 11.5 Å². The summed E-state index contributed by atoms with van der Waals surface area (Å²) >= 11 is 1.56. The molecule has 3 nitrogen and oxygen atoms in total. The van der Waals surface area contributed by atoms with Crippen LogP contribution >= 0.6 is 11.8 Å². The number of amides is 1. The highest BCUT2D eigenvalue weighted by molar-refractivity contribution is 7.99. The number of carbonyl (C=O) groups excluding carboxylic acids is 1. The monoisotopic (exact) mass is 269 g/mol. The summed E-state index contributed by atoms with van der Waals surface area (Å²) in [7, 11) is 0. The zero-order valence-electron chi connectivity index (χ0n) is 10.2. The smallest absolute Gasteiger partial charge is 0.253 e. The van der Waals surface area contributed by atoms with Crippen LogP contribution in [0.15, 0.2) is 18.2 Å². The zero-order valence-corrected chi connectivity index (χ0v) is 11.0. The highest BCUT2D eigenvalue weighted by Crippen LogP contribution is 2.27. The second-order valence-electron chi connectivity index (χ2n) is 4.60. The normalized spacial score (nSPS) is 23.1. The molecule has 98 valence electrons. The second kappa shape index (κ2) is 5.28. The van der Waals surface area contributed by atoms with E-state index >= 15 is 0 Å². The van der Waals surface area contributed by atoms with E-state index in [9.17, 15) is 14.3 Å². The quantitative estimate of drug-likeness (QED) is 0.876. The number of thioether (sulfide) groups is 1. The van der Waals surface area contributed by atoms with Crippen molar-refractivity contribution in [3.63, 3.8) is 0 Å². The summed E-state index contributed by atoms with van der Waals surface area (Å²) in [6.07, 6.45) is 0.478. The third kappa shape index (κ3) is 2.84. The van der Waals surface area contributed by atoms with Gasteiger partial charge in [-0.2, -0.15) is 11.8 Å². The van der Waals surface area contributed by atoms with Gasteiger partial charge >= 0.3 is 0 Å². The van der Waals surface area contributed by atoms with Gasteiger partial charge in [-0.05, 0) is 36.3 Å². The Balaban J connectivity index is 1.95. The molecule has 1 aliphatic rings. The summed E-state index contributed by atoms with van der Waals surface area (Å²) in [6.45, 7) is 1.93. The lowest BCUT2D eigenvalue weighted by Crippen LogP contribution is -2.46. The molecule has 1 unspecified atom stereocenters. The SMILES string of the molecule is Cc1ccc(CNC(=O)C2(O)CCSC2)cc1F. The van der Waals surface area contributed by atoms with E-state index in [-0.39, 0.29) is 18.3 Å². The van der Waals surface area contributed by atoms with Crippen molar-refractivity contribution < 1.29 is 14.3 Å². The van der Waals surface area contributed by atoms with Crippen LogP contribution in [0.25, 0.3) is 0 Å². The van der Waals surface area contributed by atoms with Crippen LogP contribution in [0.5, 0.6) is 0 Å². The van der Waals surface area contributed by atoms with E-state index in [4.69, 9.17) is 0 Å². The van der Waals surface area contributed by atoms with Gasteiger partial charge in [0.15, 0.2) is 5.60 Å². The molecule has 1 heterocycles. The number of rotatable bonds is 3. The fraction of sp³-hybridized carbons (Fsp3) is 0.462. The minimum atomic E-state index is -1.26. The molecule has 0 aliphatic carbocycles. The lowest BCUT2D eigenvalue weighted by atomic mass is 10.0. The van der Waals surface area contributed by atoms with Crippen LogP contribution in [-0.4, -0.2) is 28.1 Å². The van der Waals surface area contributed by atoms with E-state index in [1.807, 2.05) is 0 Å². The maximum Gasteiger partial charge on any atom is 0.253 e. The molecule has 1 atom stereocenters. The molecule has 2 N–H and O–H groups in total. The molecule has 2 rings (SSSR count). The fourth-order valence-corrected chi connectivity index (χ4v) is 3.07. The van der Waals surface area contributed by atoms with Crippen LogP contribution in [0.2, 0.25) is 0 Å². The number of nitrogens with one attached hydrogen (secondary N) is 1. The molecule has 0 bridgehead atoms. The van der Waals surface area contributed by atoms with E-state index in [0.717, 1.165) is 5.75 Å². The third-order valence-electron chi connectivity index (χ3n) is 3.11. The molecule has 1 amide bonds. The Hall–Kier alpha value is -1.07. The highest BCUT2D eigenvalue weighted by Gasteiger charge is 2.39. The van der Waals surface area contributed by atoms with Gasteiger partial charge in [0, 0.05) is 12.3 Å². The van der Waals surface area contributed by atoms with E-state index in [2.05, 4.69) is 5.32 Å². The summed E-state index contributed by atoms with van der Waals surface area (Å²) in [5.41, 5.74) is 0.0186. The molecule has 1 fully saturated rings. The minimum Gasteiger partial charge on any atom is -0.379 e. The average Bonchev–Trinajstić information content (AvgIpc) is 2.79. The standard InChI is InChI=1S/C13H16FNO2S/c1-9-2-3-10(6-11(9)14)7-15-12(16)13(17)4-5-18-8-13/h2-3,6,17H,4-5,7-8H2,1H3,(H,15,16). The lowest BCUT2D eigenvalue weighted by Gasteiger charge is -2.20. The number of hydrogen-bond donors (Lipinski definition) is 2. The highest BCUT2D eigenvalue weighted by atomic mass is 32.2. The maximum atomic E-state index is 13.3. The summed E-state index contributed by atoms with van der Waals surface area (Å²) < 4.78 is 13.3. The summed E-state index contributed by atoms with van der Waals surface area (Å²) in [5.74, 6) is 0.579. The van der Waals surface area contributed by atoms with Crippen LogP contribution in [0.4, 0.5) is 4.39 Å². The number of halogens is 1. The number of carbonyl (C=O) groups is 1. The van der Waals surface area contributed by atoms with Gasteiger partial charge < -0.3 is 10.4 Å². The largest absolute Gasteiger partial charge is 0.379 e. The van der Waals surface area contributed by atoms with Crippen molar-refractivity contribution in [2.24, 2.45) is 0 Å². The van der Waals surface area contributed by atoms with Gasteiger partial charge in [-0.15, -0.1) is 0 Å². The molecule has 1 aromatic rings. The molecular weight excluding hydrogens is 253 g/mol. The predicted molar refractivity (Wildman–Crippen MR) is 69.9 cm³/mol. The number of aryl methyl sites for hydroxylation is 1. The molecule has 1 saturated heterocycles. The Morgan fingerprint density at radius 2 is 2.39 bits per heavy atom. The van der Waals surface area contributed by atoms with Crippen LogP contribution < -0.4 is 5.32 Å². The number of aliphatic hydroxyl groups is 1. The molecule has 0 radical (unpaired) electrons. The first-order valence-electron chi connectivity index (χ1n) is 5.85. The molecule has 1 aliphatic heterocycles. The first kappa shape index (κ1) is 13.4. The van der Waals surface area contributed by atoms with Crippen molar-refractivity contribution in [1.82, 2.24) is 5.32 Å². The Kier molecular flexibility index (Phi) is 3.92. The molecule has 18 heavy (non-hydrogen) atoms. The van der Waals surface area contributed by atoms with E-state index in [1.54, 1.807) is 30.8 Å². The Bertz CT molecular complexity index is 458. The van der Waals surface area contributed by atoms with Crippen LogP contribution in [0, 0.1) is 12.7 Å². The fourth-order valence-electron chi connectivity index (χ4n) is 1.83.